The van der Waals surface area contributed by atoms with Crippen LogP contribution in [0.2, 0.25) is 0 Å². The van der Waals surface area contributed by atoms with Gasteiger partial charge in [-0.3, -0.25) is 14.5 Å². The van der Waals surface area contributed by atoms with E-state index in [1.54, 1.807) is 25.1 Å². The maximum atomic E-state index is 13.2. The van der Waals surface area contributed by atoms with Gasteiger partial charge in [-0.2, -0.15) is 0 Å². The first kappa shape index (κ1) is 16.6. The molecule has 2 rings (SSSR count). The lowest BCUT2D eigenvalue weighted by Gasteiger charge is -2.13. The van der Waals surface area contributed by atoms with Gasteiger partial charge in [0.25, 0.3) is 5.91 Å². The topological polar surface area (TPSA) is 57.6 Å². The number of carboxylic acids is 1. The van der Waals surface area contributed by atoms with E-state index in [2.05, 4.69) is 0 Å². The van der Waals surface area contributed by atoms with Gasteiger partial charge in [-0.15, -0.1) is 0 Å². The molecular weight excluding hydrogens is 325 g/mol. The van der Waals surface area contributed by atoms with Gasteiger partial charge in [0, 0.05) is 13.0 Å². The Morgan fingerprint density at radius 3 is 2.86 bits per heavy atom. The Hall–Kier alpha value is -1.73. The molecule has 116 valence electrons. The lowest BCUT2D eigenvalue weighted by atomic mass is 10.1. The second kappa shape index (κ2) is 7.02. The van der Waals surface area contributed by atoms with Crippen molar-refractivity contribution in [3.8, 4) is 0 Å². The lowest BCUT2D eigenvalue weighted by molar-refractivity contribution is -0.137. The van der Waals surface area contributed by atoms with Crippen molar-refractivity contribution in [2.24, 2.45) is 0 Å². The van der Waals surface area contributed by atoms with Crippen LogP contribution >= 0.6 is 24.0 Å². The highest BCUT2D eigenvalue weighted by Gasteiger charge is 2.31. The van der Waals surface area contributed by atoms with E-state index in [4.69, 9.17) is 17.3 Å². The highest BCUT2D eigenvalue weighted by atomic mass is 32.2. The van der Waals surface area contributed by atoms with Gasteiger partial charge in [0.1, 0.15) is 10.1 Å². The fourth-order valence-electron chi connectivity index (χ4n) is 1.99. The first-order valence-corrected chi connectivity index (χ1v) is 7.84. The number of halogens is 1. The Labute approximate surface area is 137 Å². The van der Waals surface area contributed by atoms with Crippen LogP contribution in [0.25, 0.3) is 6.08 Å². The SMILES string of the molecule is Cc1cc(C=C2SC(=S)N(CCCC(=O)O)C2=O)ccc1F. The molecule has 1 saturated heterocycles. The van der Waals surface area contributed by atoms with Crippen molar-refractivity contribution in [1.29, 1.82) is 0 Å². The number of thiocarbonyl (C=S) groups is 1. The van der Waals surface area contributed by atoms with Crippen LogP contribution in [0.3, 0.4) is 0 Å². The number of thioether (sulfide) groups is 1. The predicted octanol–water partition coefficient (Wildman–Crippen LogP) is 3.20. The second-order valence-corrected chi connectivity index (χ2v) is 6.52. The highest BCUT2D eigenvalue weighted by molar-refractivity contribution is 8.26. The molecule has 1 fully saturated rings. The molecule has 1 aromatic carbocycles. The standard InChI is InChI=1S/C15H14FNO3S2/c1-9-7-10(4-5-11(9)16)8-12-14(20)17(15(21)22-12)6-2-3-13(18)19/h4-5,7-8H,2-3,6H2,1H3,(H,18,19). The summed E-state index contributed by atoms with van der Waals surface area (Å²) in [5, 5.41) is 8.63. The number of carboxylic acid groups (broad SMARTS) is 1. The fourth-order valence-corrected chi connectivity index (χ4v) is 3.30. The predicted molar refractivity (Wildman–Crippen MR) is 87.9 cm³/mol. The zero-order valence-corrected chi connectivity index (χ0v) is 13.5. The van der Waals surface area contributed by atoms with Gasteiger partial charge in [-0.1, -0.05) is 30.0 Å². The monoisotopic (exact) mass is 339 g/mol. The Morgan fingerprint density at radius 1 is 1.50 bits per heavy atom. The molecule has 0 spiro atoms. The molecule has 1 aromatic rings. The van der Waals surface area contributed by atoms with Gasteiger partial charge in [-0.25, -0.2) is 4.39 Å². The number of hydrogen-bond acceptors (Lipinski definition) is 4. The normalized spacial score (nSPS) is 16.6. The Kier molecular flexibility index (Phi) is 5.31. The number of amides is 1. The molecule has 0 atom stereocenters. The minimum Gasteiger partial charge on any atom is -0.481 e. The molecule has 0 aromatic heterocycles. The summed E-state index contributed by atoms with van der Waals surface area (Å²) in [5.74, 6) is -1.43. The van der Waals surface area contributed by atoms with Gasteiger partial charge in [-0.05, 0) is 42.7 Å². The number of aliphatic carboxylic acids is 1. The largest absolute Gasteiger partial charge is 0.481 e. The Morgan fingerprint density at radius 2 is 2.23 bits per heavy atom. The van der Waals surface area contributed by atoms with E-state index >= 15 is 0 Å². The van der Waals surface area contributed by atoms with Crippen LogP contribution in [0.4, 0.5) is 4.39 Å². The average molecular weight is 339 g/mol. The summed E-state index contributed by atoms with van der Waals surface area (Å²) in [7, 11) is 0. The van der Waals surface area contributed by atoms with Gasteiger partial charge in [0.15, 0.2) is 0 Å². The molecule has 0 bridgehead atoms. The first-order chi connectivity index (χ1) is 10.4. The zero-order chi connectivity index (χ0) is 16.3. The molecule has 1 aliphatic heterocycles. The van der Waals surface area contributed by atoms with Crippen LogP contribution in [0.5, 0.6) is 0 Å². The first-order valence-electron chi connectivity index (χ1n) is 6.62. The number of carbonyl (C=O) groups excluding carboxylic acids is 1. The molecule has 0 saturated carbocycles. The van der Waals surface area contributed by atoms with Crippen molar-refractivity contribution in [2.45, 2.75) is 19.8 Å². The van der Waals surface area contributed by atoms with Gasteiger partial charge >= 0.3 is 5.97 Å². The van der Waals surface area contributed by atoms with Crippen LogP contribution in [-0.4, -0.2) is 32.7 Å². The molecule has 1 N–H and O–H groups in total. The smallest absolute Gasteiger partial charge is 0.303 e. The Balaban J connectivity index is 2.11. The van der Waals surface area contributed by atoms with Gasteiger partial charge < -0.3 is 5.11 Å². The van der Waals surface area contributed by atoms with Crippen LogP contribution in [0.1, 0.15) is 24.0 Å². The second-order valence-electron chi connectivity index (χ2n) is 4.84. The van der Waals surface area contributed by atoms with Gasteiger partial charge in [0.05, 0.1) is 4.91 Å². The molecule has 1 heterocycles. The third-order valence-corrected chi connectivity index (χ3v) is 4.50. The maximum absolute atomic E-state index is 13.2. The number of benzene rings is 1. The van der Waals surface area contributed by atoms with E-state index in [0.717, 1.165) is 5.56 Å². The molecule has 22 heavy (non-hydrogen) atoms. The average Bonchev–Trinajstić information content (AvgIpc) is 2.70. The molecule has 1 aliphatic rings. The molecule has 1 amide bonds. The number of aryl methyl sites for hydroxylation is 1. The summed E-state index contributed by atoms with van der Waals surface area (Å²) in [6, 6.07) is 4.61. The lowest BCUT2D eigenvalue weighted by Crippen LogP contribution is -2.29. The highest BCUT2D eigenvalue weighted by Crippen LogP contribution is 2.32. The maximum Gasteiger partial charge on any atom is 0.303 e. The van der Waals surface area contributed by atoms with Crippen LogP contribution in [-0.2, 0) is 9.59 Å². The molecule has 7 heteroatoms. The molecule has 0 aliphatic carbocycles. The van der Waals surface area contributed by atoms with Crippen molar-refractivity contribution >= 4 is 46.3 Å². The van der Waals surface area contributed by atoms with E-state index in [1.807, 2.05) is 0 Å². The molecule has 4 nitrogen and oxygen atoms in total. The molecule has 0 radical (unpaired) electrons. The van der Waals surface area contributed by atoms with E-state index in [1.165, 1.54) is 22.7 Å². The van der Waals surface area contributed by atoms with E-state index < -0.39 is 5.97 Å². The van der Waals surface area contributed by atoms with Gasteiger partial charge in [0.2, 0.25) is 0 Å². The third kappa shape index (κ3) is 3.92. The minimum absolute atomic E-state index is 0.00668. The molecule has 0 unspecified atom stereocenters. The van der Waals surface area contributed by atoms with Crippen LogP contribution < -0.4 is 0 Å². The number of nitrogens with zero attached hydrogens (tertiary/aromatic N) is 1. The number of carbonyl (C=O) groups is 2. The van der Waals surface area contributed by atoms with Crippen molar-refractivity contribution < 1.29 is 19.1 Å². The van der Waals surface area contributed by atoms with E-state index in [0.29, 0.717) is 21.2 Å². The summed E-state index contributed by atoms with van der Waals surface area (Å²) < 4.78 is 13.7. The fraction of sp³-hybridized carbons (Fsp3) is 0.267. The van der Waals surface area contributed by atoms with Crippen LogP contribution in [0.15, 0.2) is 23.1 Å². The van der Waals surface area contributed by atoms with Crippen molar-refractivity contribution in [3.63, 3.8) is 0 Å². The summed E-state index contributed by atoms with van der Waals surface area (Å²) in [6.45, 7) is 1.94. The summed E-state index contributed by atoms with van der Waals surface area (Å²) >= 11 is 6.33. The molecular formula is C15H14FNO3S2. The quantitative estimate of drug-likeness (QED) is 0.659. The van der Waals surface area contributed by atoms with Crippen molar-refractivity contribution in [1.82, 2.24) is 4.90 Å². The van der Waals surface area contributed by atoms with Crippen molar-refractivity contribution in [2.75, 3.05) is 6.54 Å². The minimum atomic E-state index is -0.900. The summed E-state index contributed by atoms with van der Waals surface area (Å²) in [6.07, 6.45) is 2.01. The van der Waals surface area contributed by atoms with Crippen molar-refractivity contribution in [3.05, 3.63) is 40.0 Å². The van der Waals surface area contributed by atoms with Crippen LogP contribution in [0, 0.1) is 12.7 Å². The zero-order valence-electron chi connectivity index (χ0n) is 11.8. The summed E-state index contributed by atoms with van der Waals surface area (Å²) in [5.41, 5.74) is 1.23. The summed E-state index contributed by atoms with van der Waals surface area (Å²) in [4.78, 5) is 24.7. The Bertz CT molecular complexity index is 673. The number of hydrogen-bond donors (Lipinski definition) is 1. The number of rotatable bonds is 5. The third-order valence-electron chi connectivity index (χ3n) is 3.13. The van der Waals surface area contributed by atoms with E-state index in [-0.39, 0.29) is 24.7 Å². The van der Waals surface area contributed by atoms with E-state index in [9.17, 15) is 14.0 Å².